The average molecular weight is 300 g/mol. The summed E-state index contributed by atoms with van der Waals surface area (Å²) in [6.07, 6.45) is 3.59. The normalized spacial score (nSPS) is 16.7. The van der Waals surface area contributed by atoms with Crippen LogP contribution in [0.15, 0.2) is 29.2 Å². The molecule has 0 aliphatic carbocycles. The first-order valence-electron chi connectivity index (χ1n) is 7.03. The zero-order valence-corrected chi connectivity index (χ0v) is 12.4. The van der Waals surface area contributed by atoms with E-state index in [1.165, 1.54) is 0 Å². The number of nitrogens with one attached hydrogen (secondary N) is 1. The van der Waals surface area contributed by atoms with Crippen LogP contribution in [0.1, 0.15) is 5.82 Å². The van der Waals surface area contributed by atoms with Gasteiger partial charge in [-0.2, -0.15) is 0 Å². The third-order valence-electron chi connectivity index (χ3n) is 3.76. The molecule has 7 heteroatoms. The molecule has 0 atom stereocenters. The van der Waals surface area contributed by atoms with Gasteiger partial charge in [0, 0.05) is 49.3 Å². The summed E-state index contributed by atoms with van der Waals surface area (Å²) in [4.78, 5) is 21.3. The maximum atomic E-state index is 4.62. The molecule has 1 N–H and O–H groups in total. The fraction of sp³-hybridized carbons (Fsp3) is 0.357. The Bertz CT molecular complexity index is 685. The second-order valence-electron chi connectivity index (χ2n) is 5.17. The minimum Gasteiger partial charge on any atom is -0.340 e. The van der Waals surface area contributed by atoms with Crippen LogP contribution in [0.25, 0.3) is 11.0 Å². The minimum absolute atomic E-state index is 0.829. The number of thiophene rings is 1. The maximum absolute atomic E-state index is 4.62. The molecule has 0 amide bonds. The van der Waals surface area contributed by atoms with Gasteiger partial charge in [0.25, 0.3) is 0 Å². The van der Waals surface area contributed by atoms with Gasteiger partial charge in [0.15, 0.2) is 0 Å². The third-order valence-corrected chi connectivity index (χ3v) is 4.49. The van der Waals surface area contributed by atoms with Crippen LogP contribution in [0.5, 0.6) is 0 Å². The molecule has 108 valence electrons. The Morgan fingerprint density at radius 2 is 1.90 bits per heavy atom. The van der Waals surface area contributed by atoms with Gasteiger partial charge in [-0.1, -0.05) is 0 Å². The average Bonchev–Trinajstić information content (AvgIpc) is 3.10. The summed E-state index contributed by atoms with van der Waals surface area (Å²) < 4.78 is 0. The van der Waals surface area contributed by atoms with Crippen molar-refractivity contribution < 1.29 is 0 Å². The van der Waals surface area contributed by atoms with Crippen molar-refractivity contribution in [1.29, 1.82) is 0 Å². The number of anilines is 1. The van der Waals surface area contributed by atoms with Gasteiger partial charge in [0.05, 0.1) is 17.6 Å². The van der Waals surface area contributed by atoms with E-state index >= 15 is 0 Å². The van der Waals surface area contributed by atoms with Crippen molar-refractivity contribution in [3.63, 3.8) is 0 Å². The predicted molar refractivity (Wildman–Crippen MR) is 83.5 cm³/mol. The molecule has 0 saturated carbocycles. The molecule has 21 heavy (non-hydrogen) atoms. The lowest BCUT2D eigenvalue weighted by Crippen LogP contribution is -2.46. The van der Waals surface area contributed by atoms with Crippen molar-refractivity contribution in [2.45, 2.75) is 6.54 Å². The van der Waals surface area contributed by atoms with Gasteiger partial charge in [0.2, 0.25) is 5.95 Å². The molecule has 0 unspecified atom stereocenters. The number of aromatic nitrogens is 4. The van der Waals surface area contributed by atoms with E-state index in [1.807, 2.05) is 6.07 Å². The Hall–Kier alpha value is -1.99. The minimum atomic E-state index is 0.829. The van der Waals surface area contributed by atoms with Crippen LogP contribution in [-0.4, -0.2) is 51.0 Å². The van der Waals surface area contributed by atoms with Crippen molar-refractivity contribution in [2.75, 3.05) is 31.1 Å². The molecule has 4 heterocycles. The molecular weight excluding hydrogens is 284 g/mol. The van der Waals surface area contributed by atoms with Gasteiger partial charge in [-0.3, -0.25) is 4.90 Å². The summed E-state index contributed by atoms with van der Waals surface area (Å²) in [6.45, 7) is 4.80. The van der Waals surface area contributed by atoms with Gasteiger partial charge in [-0.25, -0.2) is 15.0 Å². The number of nitrogens with zero attached hydrogens (tertiary/aromatic N) is 5. The zero-order chi connectivity index (χ0) is 14.1. The number of fused-ring (bicyclic) bond motifs is 1. The highest BCUT2D eigenvalue weighted by Gasteiger charge is 2.19. The lowest BCUT2D eigenvalue weighted by molar-refractivity contribution is 0.244. The van der Waals surface area contributed by atoms with Gasteiger partial charge in [-0.05, 0) is 6.07 Å². The Labute approximate surface area is 126 Å². The van der Waals surface area contributed by atoms with Crippen molar-refractivity contribution in [1.82, 2.24) is 24.8 Å². The van der Waals surface area contributed by atoms with Gasteiger partial charge in [0.1, 0.15) is 5.82 Å². The Morgan fingerprint density at radius 3 is 2.67 bits per heavy atom. The van der Waals surface area contributed by atoms with E-state index in [4.69, 9.17) is 0 Å². The van der Waals surface area contributed by atoms with Crippen molar-refractivity contribution in [2.24, 2.45) is 0 Å². The first kappa shape index (κ1) is 12.7. The first-order valence-corrected chi connectivity index (χ1v) is 7.98. The molecular formula is C14H16N6S. The van der Waals surface area contributed by atoms with Crippen LogP contribution in [-0.2, 0) is 6.54 Å². The maximum Gasteiger partial charge on any atom is 0.225 e. The largest absolute Gasteiger partial charge is 0.340 e. The van der Waals surface area contributed by atoms with Gasteiger partial charge < -0.3 is 9.88 Å². The van der Waals surface area contributed by atoms with Crippen LogP contribution < -0.4 is 4.90 Å². The van der Waals surface area contributed by atoms with E-state index in [9.17, 15) is 0 Å². The molecule has 1 saturated heterocycles. The standard InChI is InChI=1S/C14H16N6S/c1-2-15-14(16-3-1)20-6-4-19(5-7-20)8-13-17-11-9-21-10-12(11)18-13/h1-3,9-10H,4-8H2,(H,17,18). The van der Waals surface area contributed by atoms with Crippen LogP contribution >= 0.6 is 11.3 Å². The lowest BCUT2D eigenvalue weighted by Gasteiger charge is -2.34. The second-order valence-corrected chi connectivity index (χ2v) is 5.91. The highest BCUT2D eigenvalue weighted by Crippen LogP contribution is 2.17. The van der Waals surface area contributed by atoms with Crippen LogP contribution in [0.3, 0.4) is 0 Å². The van der Waals surface area contributed by atoms with E-state index in [-0.39, 0.29) is 0 Å². The SMILES string of the molecule is c1cnc(N2CCN(Cc3nc4cscc4[nH]3)CC2)nc1. The molecule has 0 bridgehead atoms. The van der Waals surface area contributed by atoms with Crippen LogP contribution in [0.2, 0.25) is 0 Å². The Kier molecular flexibility index (Phi) is 3.28. The third kappa shape index (κ3) is 2.62. The number of rotatable bonds is 3. The highest BCUT2D eigenvalue weighted by atomic mass is 32.1. The number of H-pyrrole nitrogens is 1. The summed E-state index contributed by atoms with van der Waals surface area (Å²) in [5.41, 5.74) is 2.22. The smallest absolute Gasteiger partial charge is 0.225 e. The molecule has 1 aliphatic rings. The Morgan fingerprint density at radius 1 is 1.10 bits per heavy atom. The summed E-state index contributed by atoms with van der Waals surface area (Å²) in [7, 11) is 0. The molecule has 3 aromatic heterocycles. The first-order chi connectivity index (χ1) is 10.4. The highest BCUT2D eigenvalue weighted by molar-refractivity contribution is 7.09. The van der Waals surface area contributed by atoms with Crippen LogP contribution in [0, 0.1) is 0 Å². The fourth-order valence-electron chi connectivity index (χ4n) is 2.65. The summed E-state index contributed by atoms with van der Waals surface area (Å²) >= 11 is 1.68. The molecule has 0 aromatic carbocycles. The van der Waals surface area contributed by atoms with E-state index < -0.39 is 0 Å². The van der Waals surface area contributed by atoms with E-state index in [0.29, 0.717) is 0 Å². The monoisotopic (exact) mass is 300 g/mol. The van der Waals surface area contributed by atoms with Crippen molar-refractivity contribution in [3.05, 3.63) is 35.0 Å². The fourth-order valence-corrected chi connectivity index (χ4v) is 3.34. The number of aromatic amines is 1. The van der Waals surface area contributed by atoms with Crippen LogP contribution in [0.4, 0.5) is 5.95 Å². The number of piperazine rings is 1. The molecule has 3 aromatic rings. The summed E-state index contributed by atoms with van der Waals surface area (Å²) in [5, 5.41) is 4.19. The van der Waals surface area contributed by atoms with Gasteiger partial charge in [-0.15, -0.1) is 11.3 Å². The summed E-state index contributed by atoms with van der Waals surface area (Å²) in [6, 6.07) is 1.85. The van der Waals surface area contributed by atoms with E-state index in [1.54, 1.807) is 23.7 Å². The molecule has 0 spiro atoms. The lowest BCUT2D eigenvalue weighted by atomic mass is 10.3. The number of hydrogen-bond acceptors (Lipinski definition) is 6. The molecule has 0 radical (unpaired) electrons. The van der Waals surface area contributed by atoms with Crippen molar-refractivity contribution in [3.8, 4) is 0 Å². The predicted octanol–water partition coefficient (Wildman–Crippen LogP) is 1.74. The topological polar surface area (TPSA) is 60.9 Å². The molecule has 6 nitrogen and oxygen atoms in total. The molecule has 4 rings (SSSR count). The number of hydrogen-bond donors (Lipinski definition) is 1. The molecule has 1 fully saturated rings. The van der Waals surface area contributed by atoms with Gasteiger partial charge >= 0.3 is 0 Å². The van der Waals surface area contributed by atoms with Crippen molar-refractivity contribution >= 4 is 28.3 Å². The molecule has 1 aliphatic heterocycles. The second kappa shape index (κ2) is 5.42. The van der Waals surface area contributed by atoms with E-state index in [2.05, 4.69) is 40.5 Å². The summed E-state index contributed by atoms with van der Waals surface area (Å²) in [5.74, 6) is 1.88. The Balaban J connectivity index is 1.38. The zero-order valence-electron chi connectivity index (χ0n) is 11.6. The number of imidazole rings is 1. The van der Waals surface area contributed by atoms with E-state index in [0.717, 1.165) is 55.5 Å². The quantitative estimate of drug-likeness (QED) is 0.798.